The SMILES string of the molecule is COc1ccc(C2C3COC(=O)C32)cc1. The van der Waals surface area contributed by atoms with Crippen molar-refractivity contribution in [2.24, 2.45) is 11.8 Å². The second-order valence-electron chi connectivity index (χ2n) is 4.12. The van der Waals surface area contributed by atoms with E-state index in [1.807, 2.05) is 24.3 Å². The second-order valence-corrected chi connectivity index (χ2v) is 4.12. The zero-order chi connectivity index (χ0) is 10.4. The van der Waals surface area contributed by atoms with Crippen molar-refractivity contribution < 1.29 is 14.3 Å². The Balaban J connectivity index is 1.81. The number of methoxy groups -OCH3 is 1. The maximum atomic E-state index is 11.3. The molecule has 1 saturated heterocycles. The highest BCUT2D eigenvalue weighted by molar-refractivity contribution is 5.80. The van der Waals surface area contributed by atoms with Crippen molar-refractivity contribution in [3.8, 4) is 5.75 Å². The van der Waals surface area contributed by atoms with Gasteiger partial charge in [0, 0.05) is 11.8 Å². The molecule has 3 unspecified atom stereocenters. The predicted molar refractivity (Wildman–Crippen MR) is 53.7 cm³/mol. The smallest absolute Gasteiger partial charge is 0.310 e. The molecular weight excluding hydrogens is 192 g/mol. The first-order chi connectivity index (χ1) is 7.31. The van der Waals surface area contributed by atoms with Crippen LogP contribution in [0.5, 0.6) is 5.75 Å². The fraction of sp³-hybridized carbons (Fsp3) is 0.417. The molecule has 0 amide bonds. The van der Waals surface area contributed by atoms with Gasteiger partial charge in [0.15, 0.2) is 0 Å². The monoisotopic (exact) mass is 204 g/mol. The van der Waals surface area contributed by atoms with E-state index in [0.29, 0.717) is 18.4 Å². The van der Waals surface area contributed by atoms with Crippen LogP contribution in [0, 0.1) is 11.8 Å². The zero-order valence-corrected chi connectivity index (χ0v) is 8.47. The lowest BCUT2D eigenvalue weighted by molar-refractivity contribution is -0.141. The van der Waals surface area contributed by atoms with Crippen LogP contribution in [-0.2, 0) is 9.53 Å². The minimum atomic E-state index is -0.0270. The van der Waals surface area contributed by atoms with E-state index in [1.165, 1.54) is 5.56 Å². The van der Waals surface area contributed by atoms with Crippen molar-refractivity contribution in [3.63, 3.8) is 0 Å². The van der Waals surface area contributed by atoms with Gasteiger partial charge in [0.25, 0.3) is 0 Å². The number of esters is 1. The summed E-state index contributed by atoms with van der Waals surface area (Å²) in [6.45, 7) is 0.597. The Morgan fingerprint density at radius 1 is 1.27 bits per heavy atom. The molecule has 1 aliphatic heterocycles. The van der Waals surface area contributed by atoms with Crippen LogP contribution in [0.15, 0.2) is 24.3 Å². The number of carbonyl (C=O) groups is 1. The van der Waals surface area contributed by atoms with E-state index in [1.54, 1.807) is 7.11 Å². The van der Waals surface area contributed by atoms with Gasteiger partial charge in [0.05, 0.1) is 19.6 Å². The third-order valence-electron chi connectivity index (χ3n) is 3.36. The molecule has 0 radical (unpaired) electrons. The van der Waals surface area contributed by atoms with E-state index in [0.717, 1.165) is 5.75 Å². The number of cyclic esters (lactones) is 1. The lowest BCUT2D eigenvalue weighted by atomic mass is 10.1. The van der Waals surface area contributed by atoms with Gasteiger partial charge in [-0.25, -0.2) is 0 Å². The van der Waals surface area contributed by atoms with Crippen LogP contribution in [-0.4, -0.2) is 19.7 Å². The summed E-state index contributed by atoms with van der Waals surface area (Å²) in [5.41, 5.74) is 1.22. The molecule has 0 N–H and O–H groups in total. The van der Waals surface area contributed by atoms with Crippen LogP contribution in [0.25, 0.3) is 0 Å². The van der Waals surface area contributed by atoms with E-state index in [9.17, 15) is 4.79 Å². The van der Waals surface area contributed by atoms with E-state index < -0.39 is 0 Å². The Kier molecular flexibility index (Phi) is 1.75. The molecular formula is C12H12O3. The number of hydrogen-bond acceptors (Lipinski definition) is 3. The predicted octanol–water partition coefficient (Wildman–Crippen LogP) is 1.58. The molecule has 0 bridgehead atoms. The highest BCUT2D eigenvalue weighted by Gasteiger charge is 2.60. The van der Waals surface area contributed by atoms with Gasteiger partial charge in [-0.15, -0.1) is 0 Å². The first-order valence-corrected chi connectivity index (χ1v) is 5.12. The minimum absolute atomic E-state index is 0.0270. The Bertz CT molecular complexity index is 396. The number of benzene rings is 1. The van der Waals surface area contributed by atoms with Crippen LogP contribution in [0.2, 0.25) is 0 Å². The molecule has 3 nitrogen and oxygen atoms in total. The summed E-state index contributed by atoms with van der Waals surface area (Å²) in [6.07, 6.45) is 0. The number of hydrogen-bond donors (Lipinski definition) is 0. The van der Waals surface area contributed by atoms with Crippen LogP contribution >= 0.6 is 0 Å². The normalized spacial score (nSPS) is 32.1. The fourth-order valence-corrected chi connectivity index (χ4v) is 2.46. The average molecular weight is 204 g/mol. The minimum Gasteiger partial charge on any atom is -0.497 e. The van der Waals surface area contributed by atoms with Gasteiger partial charge in [-0.1, -0.05) is 12.1 Å². The summed E-state index contributed by atoms with van der Waals surface area (Å²) in [4.78, 5) is 11.3. The molecule has 3 rings (SSSR count). The first kappa shape index (κ1) is 8.77. The molecule has 3 atom stereocenters. The molecule has 1 aliphatic carbocycles. The number of fused-ring (bicyclic) bond motifs is 1. The Morgan fingerprint density at radius 3 is 2.53 bits per heavy atom. The van der Waals surface area contributed by atoms with Crippen molar-refractivity contribution in [1.29, 1.82) is 0 Å². The molecule has 1 aromatic rings. The highest BCUT2D eigenvalue weighted by atomic mass is 16.5. The van der Waals surface area contributed by atoms with Crippen molar-refractivity contribution in [3.05, 3.63) is 29.8 Å². The third-order valence-corrected chi connectivity index (χ3v) is 3.36. The molecule has 15 heavy (non-hydrogen) atoms. The lowest BCUT2D eigenvalue weighted by Crippen LogP contribution is -2.04. The largest absolute Gasteiger partial charge is 0.497 e. The van der Waals surface area contributed by atoms with E-state index in [-0.39, 0.29) is 11.9 Å². The quantitative estimate of drug-likeness (QED) is 0.686. The molecule has 0 spiro atoms. The molecule has 1 aromatic carbocycles. The molecule has 2 fully saturated rings. The van der Waals surface area contributed by atoms with Crippen LogP contribution in [0.4, 0.5) is 0 Å². The molecule has 2 aliphatic rings. The molecule has 78 valence electrons. The van der Waals surface area contributed by atoms with E-state index in [2.05, 4.69) is 0 Å². The summed E-state index contributed by atoms with van der Waals surface area (Å²) < 4.78 is 10.0. The Labute approximate surface area is 88.0 Å². The third kappa shape index (κ3) is 1.23. The second kappa shape index (κ2) is 2.99. The van der Waals surface area contributed by atoms with Crippen molar-refractivity contribution >= 4 is 5.97 Å². The number of ether oxygens (including phenoxy) is 2. The van der Waals surface area contributed by atoms with Gasteiger partial charge in [-0.3, -0.25) is 4.79 Å². The molecule has 3 heteroatoms. The van der Waals surface area contributed by atoms with Crippen LogP contribution < -0.4 is 4.74 Å². The summed E-state index contributed by atoms with van der Waals surface area (Å²) in [5, 5.41) is 0. The topological polar surface area (TPSA) is 35.5 Å². The first-order valence-electron chi connectivity index (χ1n) is 5.12. The standard InChI is InChI=1S/C12H12O3/c1-14-8-4-2-7(3-5-8)10-9-6-15-12(13)11(9)10/h2-5,9-11H,6H2,1H3. The molecule has 0 aromatic heterocycles. The molecule has 1 saturated carbocycles. The zero-order valence-electron chi connectivity index (χ0n) is 8.47. The number of carbonyl (C=O) groups excluding carboxylic acids is 1. The Hall–Kier alpha value is -1.51. The van der Waals surface area contributed by atoms with Gasteiger partial charge >= 0.3 is 5.97 Å². The van der Waals surface area contributed by atoms with Gasteiger partial charge in [0.1, 0.15) is 5.75 Å². The maximum absolute atomic E-state index is 11.3. The van der Waals surface area contributed by atoms with Crippen LogP contribution in [0.3, 0.4) is 0 Å². The van der Waals surface area contributed by atoms with Crippen molar-refractivity contribution in [2.45, 2.75) is 5.92 Å². The Morgan fingerprint density at radius 2 is 2.00 bits per heavy atom. The van der Waals surface area contributed by atoms with Gasteiger partial charge in [-0.05, 0) is 17.7 Å². The van der Waals surface area contributed by atoms with Gasteiger partial charge in [0.2, 0.25) is 0 Å². The van der Waals surface area contributed by atoms with Gasteiger partial charge < -0.3 is 9.47 Å². The summed E-state index contributed by atoms with van der Waals surface area (Å²) in [5.74, 6) is 1.76. The maximum Gasteiger partial charge on any atom is 0.310 e. The summed E-state index contributed by atoms with van der Waals surface area (Å²) >= 11 is 0. The highest BCUT2D eigenvalue weighted by Crippen LogP contribution is 2.58. The van der Waals surface area contributed by atoms with Crippen LogP contribution in [0.1, 0.15) is 11.5 Å². The lowest BCUT2D eigenvalue weighted by Gasteiger charge is -2.05. The average Bonchev–Trinajstić information content (AvgIpc) is 2.90. The van der Waals surface area contributed by atoms with Gasteiger partial charge in [-0.2, -0.15) is 0 Å². The summed E-state index contributed by atoms with van der Waals surface area (Å²) in [6, 6.07) is 7.95. The fourth-order valence-electron chi connectivity index (χ4n) is 2.46. The van der Waals surface area contributed by atoms with E-state index in [4.69, 9.17) is 9.47 Å². The van der Waals surface area contributed by atoms with E-state index >= 15 is 0 Å². The molecule has 1 heterocycles. The van der Waals surface area contributed by atoms with Crippen molar-refractivity contribution in [1.82, 2.24) is 0 Å². The number of rotatable bonds is 2. The van der Waals surface area contributed by atoms with Crippen molar-refractivity contribution in [2.75, 3.05) is 13.7 Å². The summed E-state index contributed by atoms with van der Waals surface area (Å²) in [7, 11) is 1.65.